The molecule has 0 saturated carbocycles. The number of rotatable bonds is 7. The van der Waals surface area contributed by atoms with Gasteiger partial charge in [-0.15, -0.1) is 0 Å². The fraction of sp³-hybridized carbons (Fsp3) is 0.600. The summed E-state index contributed by atoms with van der Waals surface area (Å²) in [6, 6.07) is 6.75. The van der Waals surface area contributed by atoms with E-state index < -0.39 is 0 Å². The first-order chi connectivity index (χ1) is 8.08. The predicted molar refractivity (Wildman–Crippen MR) is 75.4 cm³/mol. The van der Waals surface area contributed by atoms with Crippen molar-refractivity contribution in [3.05, 3.63) is 34.9 Å². The second kappa shape index (κ2) is 7.46. The van der Waals surface area contributed by atoms with Crippen LogP contribution in [0, 0.1) is 13.8 Å². The molecule has 1 rings (SSSR count). The summed E-state index contributed by atoms with van der Waals surface area (Å²) >= 11 is 0. The summed E-state index contributed by atoms with van der Waals surface area (Å²) in [7, 11) is 4.26. The molecular formula is C15H26N2. The molecule has 17 heavy (non-hydrogen) atoms. The second-order valence-electron chi connectivity index (χ2n) is 5.18. The summed E-state index contributed by atoms with van der Waals surface area (Å²) in [6.45, 7) is 7.61. The van der Waals surface area contributed by atoms with Crippen LogP contribution in [0.5, 0.6) is 0 Å². The second-order valence-corrected chi connectivity index (χ2v) is 5.18. The standard InChI is InChI=1S/C15H26N2/c1-13-9-14(2)11-15(10-13)12-16-7-5-6-8-17(3)4/h9-11,16H,5-8,12H2,1-4H3. The Morgan fingerprint density at radius 3 is 2.24 bits per heavy atom. The molecule has 0 aliphatic carbocycles. The van der Waals surface area contributed by atoms with Crippen molar-refractivity contribution in [1.29, 1.82) is 0 Å². The lowest BCUT2D eigenvalue weighted by molar-refractivity contribution is 0.391. The topological polar surface area (TPSA) is 15.3 Å². The molecule has 0 spiro atoms. The van der Waals surface area contributed by atoms with Crippen LogP contribution >= 0.6 is 0 Å². The van der Waals surface area contributed by atoms with Gasteiger partial charge in [-0.3, -0.25) is 0 Å². The predicted octanol–water partition coefficient (Wildman–Crippen LogP) is 2.73. The Bertz CT molecular complexity index is 311. The van der Waals surface area contributed by atoms with E-state index in [1.807, 2.05) is 0 Å². The van der Waals surface area contributed by atoms with Gasteiger partial charge in [-0.2, -0.15) is 0 Å². The van der Waals surface area contributed by atoms with Crippen LogP contribution in [-0.2, 0) is 6.54 Å². The van der Waals surface area contributed by atoms with Crippen molar-refractivity contribution >= 4 is 0 Å². The third-order valence-corrected chi connectivity index (χ3v) is 2.82. The molecule has 0 radical (unpaired) electrons. The number of unbranched alkanes of at least 4 members (excludes halogenated alkanes) is 1. The fourth-order valence-corrected chi connectivity index (χ4v) is 2.08. The highest BCUT2D eigenvalue weighted by atomic mass is 15.0. The van der Waals surface area contributed by atoms with Crippen molar-refractivity contribution in [2.24, 2.45) is 0 Å². The summed E-state index contributed by atoms with van der Waals surface area (Å²) in [5.74, 6) is 0. The first-order valence-electron chi connectivity index (χ1n) is 6.50. The molecule has 0 saturated heterocycles. The Kier molecular flexibility index (Phi) is 6.23. The molecule has 1 aromatic carbocycles. The molecule has 0 aliphatic heterocycles. The minimum absolute atomic E-state index is 0.991. The molecule has 0 heterocycles. The Balaban J connectivity index is 2.18. The monoisotopic (exact) mass is 234 g/mol. The van der Waals surface area contributed by atoms with Crippen LogP contribution < -0.4 is 5.32 Å². The molecule has 0 aliphatic rings. The van der Waals surface area contributed by atoms with Gasteiger partial charge in [-0.05, 0) is 59.4 Å². The van der Waals surface area contributed by atoms with Crippen LogP contribution in [0.25, 0.3) is 0 Å². The van der Waals surface area contributed by atoms with Crippen molar-refractivity contribution in [2.75, 3.05) is 27.2 Å². The van der Waals surface area contributed by atoms with E-state index >= 15 is 0 Å². The highest BCUT2D eigenvalue weighted by Gasteiger charge is 1.96. The maximum Gasteiger partial charge on any atom is 0.0205 e. The molecule has 1 N–H and O–H groups in total. The van der Waals surface area contributed by atoms with Gasteiger partial charge >= 0.3 is 0 Å². The molecule has 0 fully saturated rings. The Morgan fingerprint density at radius 2 is 1.65 bits per heavy atom. The number of aryl methyl sites for hydroxylation is 2. The van der Waals surface area contributed by atoms with E-state index in [2.05, 4.69) is 56.4 Å². The van der Waals surface area contributed by atoms with Gasteiger partial charge in [-0.1, -0.05) is 29.3 Å². The average Bonchev–Trinajstić information content (AvgIpc) is 2.21. The molecule has 96 valence electrons. The van der Waals surface area contributed by atoms with E-state index in [4.69, 9.17) is 0 Å². The molecule has 0 amide bonds. The van der Waals surface area contributed by atoms with Gasteiger partial charge in [0.15, 0.2) is 0 Å². The van der Waals surface area contributed by atoms with Gasteiger partial charge in [0.05, 0.1) is 0 Å². The van der Waals surface area contributed by atoms with Gasteiger partial charge in [-0.25, -0.2) is 0 Å². The smallest absolute Gasteiger partial charge is 0.0205 e. The van der Waals surface area contributed by atoms with Gasteiger partial charge < -0.3 is 10.2 Å². The zero-order chi connectivity index (χ0) is 12.7. The van der Waals surface area contributed by atoms with Crippen LogP contribution in [-0.4, -0.2) is 32.1 Å². The molecule has 1 aromatic rings. The van der Waals surface area contributed by atoms with Crippen LogP contribution in [0.1, 0.15) is 29.5 Å². The van der Waals surface area contributed by atoms with E-state index in [1.165, 1.54) is 36.1 Å². The maximum absolute atomic E-state index is 3.51. The molecule has 2 nitrogen and oxygen atoms in total. The molecule has 0 unspecified atom stereocenters. The summed E-state index contributed by atoms with van der Waals surface area (Å²) < 4.78 is 0. The van der Waals surface area contributed by atoms with Crippen LogP contribution in [0.3, 0.4) is 0 Å². The SMILES string of the molecule is Cc1cc(C)cc(CNCCCCN(C)C)c1. The van der Waals surface area contributed by atoms with Crippen LogP contribution in [0.15, 0.2) is 18.2 Å². The normalized spacial score (nSPS) is 11.1. The van der Waals surface area contributed by atoms with Crippen molar-refractivity contribution in [1.82, 2.24) is 10.2 Å². The van der Waals surface area contributed by atoms with Gasteiger partial charge in [0.25, 0.3) is 0 Å². The Morgan fingerprint density at radius 1 is 1.00 bits per heavy atom. The first kappa shape index (κ1) is 14.2. The lowest BCUT2D eigenvalue weighted by Crippen LogP contribution is -2.18. The Hall–Kier alpha value is -0.860. The van der Waals surface area contributed by atoms with Gasteiger partial charge in [0, 0.05) is 6.54 Å². The minimum atomic E-state index is 0.991. The van der Waals surface area contributed by atoms with E-state index in [0.717, 1.165) is 13.1 Å². The quantitative estimate of drug-likeness (QED) is 0.730. The maximum atomic E-state index is 3.51. The summed E-state index contributed by atoms with van der Waals surface area (Å²) in [5, 5.41) is 3.51. The zero-order valence-electron chi connectivity index (χ0n) is 11.7. The largest absolute Gasteiger partial charge is 0.313 e. The number of nitrogens with zero attached hydrogens (tertiary/aromatic N) is 1. The fourth-order valence-electron chi connectivity index (χ4n) is 2.08. The molecule has 0 aromatic heterocycles. The van der Waals surface area contributed by atoms with Gasteiger partial charge in [0.2, 0.25) is 0 Å². The van der Waals surface area contributed by atoms with E-state index in [1.54, 1.807) is 0 Å². The zero-order valence-corrected chi connectivity index (χ0v) is 11.7. The lowest BCUT2D eigenvalue weighted by Gasteiger charge is -2.10. The number of benzene rings is 1. The Labute approximate surface area is 106 Å². The lowest BCUT2D eigenvalue weighted by atomic mass is 10.1. The third-order valence-electron chi connectivity index (χ3n) is 2.82. The molecule has 0 atom stereocenters. The molecule has 2 heteroatoms. The highest BCUT2D eigenvalue weighted by molar-refractivity contribution is 5.28. The first-order valence-corrected chi connectivity index (χ1v) is 6.50. The summed E-state index contributed by atoms with van der Waals surface area (Å²) in [4.78, 5) is 2.24. The van der Waals surface area contributed by atoms with E-state index in [9.17, 15) is 0 Å². The summed E-state index contributed by atoms with van der Waals surface area (Å²) in [5.41, 5.74) is 4.11. The van der Waals surface area contributed by atoms with Crippen LogP contribution in [0.4, 0.5) is 0 Å². The molecule has 0 bridgehead atoms. The van der Waals surface area contributed by atoms with Crippen molar-refractivity contribution < 1.29 is 0 Å². The third kappa shape index (κ3) is 6.44. The van der Waals surface area contributed by atoms with Crippen molar-refractivity contribution in [3.63, 3.8) is 0 Å². The summed E-state index contributed by atoms with van der Waals surface area (Å²) in [6.07, 6.45) is 2.52. The number of hydrogen-bond acceptors (Lipinski definition) is 2. The average molecular weight is 234 g/mol. The van der Waals surface area contributed by atoms with Gasteiger partial charge in [0.1, 0.15) is 0 Å². The van der Waals surface area contributed by atoms with E-state index in [-0.39, 0.29) is 0 Å². The minimum Gasteiger partial charge on any atom is -0.313 e. The molecular weight excluding hydrogens is 208 g/mol. The number of hydrogen-bond donors (Lipinski definition) is 1. The number of nitrogens with one attached hydrogen (secondary N) is 1. The van der Waals surface area contributed by atoms with Crippen LogP contribution in [0.2, 0.25) is 0 Å². The van der Waals surface area contributed by atoms with Crippen molar-refractivity contribution in [3.8, 4) is 0 Å². The van der Waals surface area contributed by atoms with Crippen molar-refractivity contribution in [2.45, 2.75) is 33.2 Å². The van der Waals surface area contributed by atoms with E-state index in [0.29, 0.717) is 0 Å². The highest BCUT2D eigenvalue weighted by Crippen LogP contribution is 2.08.